The first-order chi connectivity index (χ1) is 7.53. The van der Waals surface area contributed by atoms with Crippen molar-refractivity contribution in [3.05, 3.63) is 0 Å². The van der Waals surface area contributed by atoms with Crippen molar-refractivity contribution in [2.75, 3.05) is 30.0 Å². The van der Waals surface area contributed by atoms with Crippen LogP contribution in [-0.4, -0.2) is 36.8 Å². The van der Waals surface area contributed by atoms with E-state index in [1.165, 1.54) is 0 Å². The molecule has 4 N–H and O–H groups in total. The van der Waals surface area contributed by atoms with E-state index >= 15 is 0 Å². The van der Waals surface area contributed by atoms with Crippen LogP contribution in [0, 0.1) is 0 Å². The lowest BCUT2D eigenvalue weighted by Crippen LogP contribution is -2.12. The van der Waals surface area contributed by atoms with Crippen molar-refractivity contribution in [1.29, 1.82) is 0 Å². The summed E-state index contributed by atoms with van der Waals surface area (Å²) in [6, 6.07) is 0. The zero-order chi connectivity index (χ0) is 12.2. The second kappa shape index (κ2) is 5.46. The number of aliphatic hydroxyl groups is 1. The molecular weight excluding hydrogens is 250 g/mol. The largest absolute Gasteiger partial charge is 0.395 e. The van der Waals surface area contributed by atoms with Crippen LogP contribution in [0.1, 0.15) is 13.3 Å². The standard InChI is InChI=1S/C8H15N3O3S2/c1-2-5-16(13,14)6-7(9)11-15-8(6)10-3-4-12/h10,12H,2-5H2,1H3,(H2,9,11). The molecule has 0 aromatic carbocycles. The van der Waals surface area contributed by atoms with Gasteiger partial charge in [0.05, 0.1) is 12.4 Å². The lowest BCUT2D eigenvalue weighted by molar-refractivity contribution is 0.311. The van der Waals surface area contributed by atoms with E-state index in [0.717, 1.165) is 11.5 Å². The highest BCUT2D eigenvalue weighted by Gasteiger charge is 2.24. The van der Waals surface area contributed by atoms with Gasteiger partial charge >= 0.3 is 0 Å². The molecule has 0 aliphatic rings. The fourth-order valence-corrected chi connectivity index (χ4v) is 3.89. The van der Waals surface area contributed by atoms with Crippen LogP contribution in [-0.2, 0) is 9.84 Å². The Morgan fingerprint density at radius 3 is 2.81 bits per heavy atom. The van der Waals surface area contributed by atoms with E-state index in [1.54, 1.807) is 6.92 Å². The number of aromatic nitrogens is 1. The third kappa shape index (κ3) is 2.83. The van der Waals surface area contributed by atoms with E-state index in [0.29, 0.717) is 11.4 Å². The topological polar surface area (TPSA) is 105 Å². The molecule has 92 valence electrons. The molecule has 0 saturated heterocycles. The molecule has 1 heterocycles. The maximum atomic E-state index is 11.9. The van der Waals surface area contributed by atoms with Crippen molar-refractivity contribution < 1.29 is 13.5 Å². The normalized spacial score (nSPS) is 11.6. The van der Waals surface area contributed by atoms with Crippen molar-refractivity contribution in [3.63, 3.8) is 0 Å². The number of aliphatic hydroxyl groups excluding tert-OH is 1. The Bertz CT molecular complexity index is 441. The van der Waals surface area contributed by atoms with E-state index in [4.69, 9.17) is 10.8 Å². The lowest BCUT2D eigenvalue weighted by atomic mass is 10.6. The average Bonchev–Trinajstić information content (AvgIpc) is 2.57. The Balaban J connectivity index is 3.06. The summed E-state index contributed by atoms with van der Waals surface area (Å²) >= 11 is 0.992. The Kier molecular flexibility index (Phi) is 4.51. The molecular formula is C8H15N3O3S2. The molecule has 0 unspecified atom stereocenters. The number of hydrogen-bond acceptors (Lipinski definition) is 7. The molecule has 0 amide bonds. The molecule has 0 aliphatic heterocycles. The molecule has 1 aromatic heterocycles. The number of anilines is 2. The monoisotopic (exact) mass is 265 g/mol. The number of hydrogen-bond donors (Lipinski definition) is 3. The second-order valence-corrected chi connectivity index (χ2v) is 6.01. The number of nitrogens with zero attached hydrogens (tertiary/aromatic N) is 1. The van der Waals surface area contributed by atoms with Gasteiger partial charge < -0.3 is 16.2 Å². The van der Waals surface area contributed by atoms with E-state index in [-0.39, 0.29) is 29.6 Å². The molecule has 8 heteroatoms. The van der Waals surface area contributed by atoms with Gasteiger partial charge in [-0.25, -0.2) is 8.42 Å². The minimum absolute atomic E-state index is 0.0267. The highest BCUT2D eigenvalue weighted by atomic mass is 32.2. The zero-order valence-electron chi connectivity index (χ0n) is 8.93. The van der Waals surface area contributed by atoms with Gasteiger partial charge in [0.2, 0.25) is 0 Å². The summed E-state index contributed by atoms with van der Waals surface area (Å²) in [6.07, 6.45) is 0.525. The van der Waals surface area contributed by atoms with Crippen LogP contribution >= 0.6 is 11.5 Å². The van der Waals surface area contributed by atoms with E-state index in [2.05, 4.69) is 9.69 Å². The van der Waals surface area contributed by atoms with Gasteiger partial charge in [-0.15, -0.1) is 0 Å². The number of sulfone groups is 1. The molecule has 0 spiro atoms. The second-order valence-electron chi connectivity index (χ2n) is 3.20. The highest BCUT2D eigenvalue weighted by molar-refractivity contribution is 7.91. The highest BCUT2D eigenvalue weighted by Crippen LogP contribution is 2.32. The van der Waals surface area contributed by atoms with Gasteiger partial charge in [-0.3, -0.25) is 0 Å². The summed E-state index contributed by atoms with van der Waals surface area (Å²) in [5.41, 5.74) is 5.55. The molecule has 16 heavy (non-hydrogen) atoms. The molecule has 6 nitrogen and oxygen atoms in total. The van der Waals surface area contributed by atoms with Gasteiger partial charge in [0.25, 0.3) is 0 Å². The third-order valence-electron chi connectivity index (χ3n) is 1.86. The van der Waals surface area contributed by atoms with Gasteiger partial charge in [0, 0.05) is 6.54 Å². The molecule has 0 radical (unpaired) electrons. The summed E-state index contributed by atoms with van der Waals surface area (Å²) in [4.78, 5) is 0.0628. The Hall–Kier alpha value is -0.860. The first-order valence-electron chi connectivity index (χ1n) is 4.85. The Morgan fingerprint density at radius 1 is 1.56 bits per heavy atom. The fraction of sp³-hybridized carbons (Fsp3) is 0.625. The minimum Gasteiger partial charge on any atom is -0.395 e. The van der Waals surface area contributed by atoms with Gasteiger partial charge in [0.1, 0.15) is 9.90 Å². The van der Waals surface area contributed by atoms with Crippen LogP contribution in [0.15, 0.2) is 4.90 Å². The summed E-state index contributed by atoms with van der Waals surface area (Å²) in [5, 5.41) is 11.9. The molecule has 1 rings (SSSR count). The Morgan fingerprint density at radius 2 is 2.25 bits per heavy atom. The van der Waals surface area contributed by atoms with Crippen molar-refractivity contribution >= 4 is 32.2 Å². The maximum absolute atomic E-state index is 11.9. The predicted molar refractivity (Wildman–Crippen MR) is 64.4 cm³/mol. The Labute approximate surface area is 98.6 Å². The first-order valence-corrected chi connectivity index (χ1v) is 7.28. The molecule has 0 fully saturated rings. The smallest absolute Gasteiger partial charge is 0.185 e. The van der Waals surface area contributed by atoms with Crippen molar-refractivity contribution in [2.45, 2.75) is 18.2 Å². The van der Waals surface area contributed by atoms with Crippen LogP contribution in [0.3, 0.4) is 0 Å². The molecule has 0 saturated carbocycles. The zero-order valence-corrected chi connectivity index (χ0v) is 10.6. The van der Waals surface area contributed by atoms with Crippen LogP contribution in [0.25, 0.3) is 0 Å². The summed E-state index contributed by atoms with van der Waals surface area (Å²) < 4.78 is 27.6. The molecule has 1 aromatic rings. The van der Waals surface area contributed by atoms with Gasteiger partial charge in [-0.2, -0.15) is 4.37 Å². The SMILES string of the molecule is CCCS(=O)(=O)c1c(N)nsc1NCCO. The van der Waals surface area contributed by atoms with E-state index < -0.39 is 9.84 Å². The lowest BCUT2D eigenvalue weighted by Gasteiger charge is -2.06. The molecule has 0 atom stereocenters. The van der Waals surface area contributed by atoms with Crippen LogP contribution in [0.5, 0.6) is 0 Å². The third-order valence-corrected chi connectivity index (χ3v) is 4.78. The minimum atomic E-state index is -3.38. The van der Waals surface area contributed by atoms with Gasteiger partial charge in [-0.05, 0) is 18.0 Å². The van der Waals surface area contributed by atoms with Crippen LogP contribution < -0.4 is 11.1 Å². The summed E-state index contributed by atoms with van der Waals surface area (Å²) in [5.74, 6) is 0.0718. The number of nitrogens with one attached hydrogen (secondary N) is 1. The van der Waals surface area contributed by atoms with Gasteiger partial charge in [-0.1, -0.05) is 6.92 Å². The number of nitrogen functional groups attached to an aromatic ring is 1. The fourth-order valence-electron chi connectivity index (χ4n) is 1.25. The number of nitrogens with two attached hydrogens (primary N) is 1. The summed E-state index contributed by atoms with van der Waals surface area (Å²) in [6.45, 7) is 1.98. The molecule has 0 aliphatic carbocycles. The van der Waals surface area contributed by atoms with Crippen LogP contribution in [0.2, 0.25) is 0 Å². The van der Waals surface area contributed by atoms with Crippen LogP contribution in [0.4, 0.5) is 10.8 Å². The van der Waals surface area contributed by atoms with Crippen molar-refractivity contribution in [3.8, 4) is 0 Å². The predicted octanol–water partition coefficient (Wildman–Crippen LogP) is 0.313. The quantitative estimate of drug-likeness (QED) is 0.684. The first kappa shape index (κ1) is 13.2. The van der Waals surface area contributed by atoms with Crippen molar-refractivity contribution in [1.82, 2.24) is 4.37 Å². The molecule has 0 bridgehead atoms. The average molecular weight is 265 g/mol. The van der Waals surface area contributed by atoms with E-state index in [9.17, 15) is 8.42 Å². The maximum Gasteiger partial charge on any atom is 0.185 e. The van der Waals surface area contributed by atoms with Crippen molar-refractivity contribution in [2.24, 2.45) is 0 Å². The summed E-state index contributed by atoms with van der Waals surface area (Å²) in [7, 11) is -3.38. The van der Waals surface area contributed by atoms with E-state index in [1.807, 2.05) is 0 Å². The number of rotatable bonds is 6. The van der Waals surface area contributed by atoms with Gasteiger partial charge in [0.15, 0.2) is 15.7 Å².